The Bertz CT molecular complexity index is 722. The highest BCUT2D eigenvalue weighted by atomic mass is 35.5. The van der Waals surface area contributed by atoms with Gasteiger partial charge in [-0.05, 0) is 42.8 Å². The van der Waals surface area contributed by atoms with Crippen molar-refractivity contribution < 1.29 is 19.4 Å². The van der Waals surface area contributed by atoms with Crippen LogP contribution in [-0.2, 0) is 11.4 Å². The third-order valence-electron chi connectivity index (χ3n) is 3.05. The van der Waals surface area contributed by atoms with E-state index in [1.807, 2.05) is 6.92 Å². The van der Waals surface area contributed by atoms with E-state index < -0.39 is 0 Å². The monoisotopic (exact) mass is 369 g/mol. The van der Waals surface area contributed by atoms with Crippen LogP contribution in [0.4, 0.5) is 5.69 Å². The van der Waals surface area contributed by atoms with Crippen LogP contribution in [0.3, 0.4) is 0 Å². The highest BCUT2D eigenvalue weighted by Gasteiger charge is 2.10. The van der Waals surface area contributed by atoms with Gasteiger partial charge < -0.3 is 19.9 Å². The minimum Gasteiger partial charge on any atom is -0.490 e. The zero-order valence-electron chi connectivity index (χ0n) is 13.0. The standard InChI is InChI=1S/C17H17Cl2NO4/c1-2-23-16-7-11(9-21)3-6-15(16)24-10-17(22)20-12-4-5-13(18)14(19)8-12/h3-8,21H,2,9-10H2,1H3,(H,20,22). The number of hydrogen-bond donors (Lipinski definition) is 2. The number of amides is 1. The van der Waals surface area contributed by atoms with Crippen LogP contribution in [0.5, 0.6) is 11.5 Å². The van der Waals surface area contributed by atoms with Gasteiger partial charge in [0.15, 0.2) is 18.1 Å². The summed E-state index contributed by atoms with van der Waals surface area (Å²) < 4.78 is 11.0. The summed E-state index contributed by atoms with van der Waals surface area (Å²) in [4.78, 5) is 12.0. The van der Waals surface area contributed by atoms with Gasteiger partial charge in [-0.2, -0.15) is 0 Å². The van der Waals surface area contributed by atoms with Crippen molar-refractivity contribution >= 4 is 34.8 Å². The molecule has 7 heteroatoms. The van der Waals surface area contributed by atoms with Gasteiger partial charge in [0.05, 0.1) is 23.3 Å². The summed E-state index contributed by atoms with van der Waals surface area (Å²) in [7, 11) is 0. The molecule has 2 rings (SSSR count). The normalized spacial score (nSPS) is 10.3. The van der Waals surface area contributed by atoms with Crippen LogP contribution in [0.1, 0.15) is 12.5 Å². The highest BCUT2D eigenvalue weighted by molar-refractivity contribution is 6.42. The molecule has 0 heterocycles. The lowest BCUT2D eigenvalue weighted by atomic mass is 10.2. The average molecular weight is 370 g/mol. The molecule has 0 bridgehead atoms. The summed E-state index contributed by atoms with van der Waals surface area (Å²) in [6.45, 7) is 1.99. The summed E-state index contributed by atoms with van der Waals surface area (Å²) in [6, 6.07) is 9.84. The minimum absolute atomic E-state index is 0.0990. The Labute approximate surface area is 150 Å². The SMILES string of the molecule is CCOc1cc(CO)ccc1OCC(=O)Nc1ccc(Cl)c(Cl)c1. The molecule has 24 heavy (non-hydrogen) atoms. The first-order valence-electron chi connectivity index (χ1n) is 7.27. The van der Waals surface area contributed by atoms with Crippen LogP contribution in [0.15, 0.2) is 36.4 Å². The largest absolute Gasteiger partial charge is 0.490 e. The fourth-order valence-electron chi connectivity index (χ4n) is 1.95. The molecule has 0 aromatic heterocycles. The van der Waals surface area contributed by atoms with Crippen LogP contribution in [0, 0.1) is 0 Å². The van der Waals surface area contributed by atoms with Crippen molar-refractivity contribution in [3.63, 3.8) is 0 Å². The lowest BCUT2D eigenvalue weighted by Crippen LogP contribution is -2.20. The average Bonchev–Trinajstić information content (AvgIpc) is 2.57. The fourth-order valence-corrected chi connectivity index (χ4v) is 2.25. The number of aliphatic hydroxyl groups excluding tert-OH is 1. The number of aliphatic hydroxyl groups is 1. The smallest absolute Gasteiger partial charge is 0.262 e. The Morgan fingerprint density at radius 3 is 2.54 bits per heavy atom. The van der Waals surface area contributed by atoms with Gasteiger partial charge in [-0.15, -0.1) is 0 Å². The molecule has 0 spiro atoms. The van der Waals surface area contributed by atoms with Gasteiger partial charge in [0.2, 0.25) is 0 Å². The number of nitrogens with one attached hydrogen (secondary N) is 1. The summed E-state index contributed by atoms with van der Waals surface area (Å²) in [5.74, 6) is 0.562. The number of anilines is 1. The molecule has 0 radical (unpaired) electrons. The molecule has 0 saturated heterocycles. The van der Waals surface area contributed by atoms with E-state index >= 15 is 0 Å². The van der Waals surface area contributed by atoms with Crippen LogP contribution >= 0.6 is 23.2 Å². The van der Waals surface area contributed by atoms with E-state index in [0.717, 1.165) is 0 Å². The highest BCUT2D eigenvalue weighted by Crippen LogP contribution is 2.29. The maximum Gasteiger partial charge on any atom is 0.262 e. The second kappa shape index (κ2) is 8.78. The molecule has 1 amide bonds. The molecule has 2 aromatic rings. The van der Waals surface area contributed by atoms with Crippen molar-refractivity contribution in [1.29, 1.82) is 0 Å². The summed E-state index contributed by atoms with van der Waals surface area (Å²) >= 11 is 11.7. The van der Waals surface area contributed by atoms with E-state index in [1.54, 1.807) is 36.4 Å². The molecule has 5 nitrogen and oxygen atoms in total. The Hall–Kier alpha value is -1.95. The number of carbonyl (C=O) groups is 1. The number of ether oxygens (including phenoxy) is 2. The second-order valence-corrected chi connectivity index (χ2v) is 5.65. The zero-order chi connectivity index (χ0) is 17.5. The number of carbonyl (C=O) groups excluding carboxylic acids is 1. The number of benzene rings is 2. The van der Waals surface area contributed by atoms with Crippen molar-refractivity contribution in [3.05, 3.63) is 52.0 Å². The molecule has 0 aliphatic rings. The minimum atomic E-state index is -0.345. The first-order valence-corrected chi connectivity index (χ1v) is 8.03. The second-order valence-electron chi connectivity index (χ2n) is 4.84. The molecular weight excluding hydrogens is 353 g/mol. The van der Waals surface area contributed by atoms with Gasteiger partial charge in [0.1, 0.15) is 0 Å². The topological polar surface area (TPSA) is 67.8 Å². The molecular formula is C17H17Cl2NO4. The van der Waals surface area contributed by atoms with E-state index in [4.69, 9.17) is 37.8 Å². The van der Waals surface area contributed by atoms with E-state index in [1.165, 1.54) is 0 Å². The first-order chi connectivity index (χ1) is 11.5. The van der Waals surface area contributed by atoms with E-state index in [0.29, 0.717) is 39.4 Å². The Balaban J connectivity index is 1.99. The van der Waals surface area contributed by atoms with Crippen molar-refractivity contribution in [2.75, 3.05) is 18.5 Å². The van der Waals surface area contributed by atoms with Crippen LogP contribution in [-0.4, -0.2) is 24.2 Å². The van der Waals surface area contributed by atoms with Gasteiger partial charge in [-0.3, -0.25) is 4.79 Å². The molecule has 0 aliphatic heterocycles. The van der Waals surface area contributed by atoms with Crippen molar-refractivity contribution in [1.82, 2.24) is 0 Å². The lowest BCUT2D eigenvalue weighted by Gasteiger charge is -2.13. The quantitative estimate of drug-likeness (QED) is 0.776. The van der Waals surface area contributed by atoms with Gasteiger partial charge in [0, 0.05) is 5.69 Å². The Morgan fingerprint density at radius 1 is 1.08 bits per heavy atom. The van der Waals surface area contributed by atoms with Crippen molar-refractivity contribution in [2.45, 2.75) is 13.5 Å². The van der Waals surface area contributed by atoms with Gasteiger partial charge in [0.25, 0.3) is 5.91 Å². The van der Waals surface area contributed by atoms with E-state index in [9.17, 15) is 4.79 Å². The van der Waals surface area contributed by atoms with Crippen molar-refractivity contribution in [2.24, 2.45) is 0 Å². The summed E-state index contributed by atoms with van der Waals surface area (Å²) in [5, 5.41) is 12.6. The van der Waals surface area contributed by atoms with Crippen LogP contribution in [0.2, 0.25) is 10.0 Å². The Morgan fingerprint density at radius 2 is 1.88 bits per heavy atom. The van der Waals surface area contributed by atoms with E-state index in [2.05, 4.69) is 5.32 Å². The maximum atomic E-state index is 12.0. The van der Waals surface area contributed by atoms with Gasteiger partial charge >= 0.3 is 0 Å². The predicted octanol–water partition coefficient (Wildman–Crippen LogP) is 3.90. The summed E-state index contributed by atoms with van der Waals surface area (Å²) in [6.07, 6.45) is 0. The van der Waals surface area contributed by atoms with Crippen LogP contribution < -0.4 is 14.8 Å². The molecule has 0 fully saturated rings. The molecule has 0 aliphatic carbocycles. The first kappa shape index (κ1) is 18.4. The maximum absolute atomic E-state index is 12.0. The van der Waals surface area contributed by atoms with Gasteiger partial charge in [-0.25, -0.2) is 0 Å². The molecule has 2 N–H and O–H groups in total. The third-order valence-corrected chi connectivity index (χ3v) is 3.79. The van der Waals surface area contributed by atoms with E-state index in [-0.39, 0.29) is 19.1 Å². The van der Waals surface area contributed by atoms with Crippen molar-refractivity contribution in [3.8, 4) is 11.5 Å². The molecule has 0 unspecified atom stereocenters. The molecule has 0 atom stereocenters. The fraction of sp³-hybridized carbons (Fsp3) is 0.235. The predicted molar refractivity (Wildman–Crippen MR) is 94.1 cm³/mol. The lowest BCUT2D eigenvalue weighted by molar-refractivity contribution is -0.118. The molecule has 2 aromatic carbocycles. The molecule has 0 saturated carbocycles. The van der Waals surface area contributed by atoms with Crippen LogP contribution in [0.25, 0.3) is 0 Å². The summed E-state index contributed by atoms with van der Waals surface area (Å²) in [5.41, 5.74) is 1.23. The number of halogens is 2. The molecule has 128 valence electrons. The number of rotatable bonds is 7. The van der Waals surface area contributed by atoms with Gasteiger partial charge in [-0.1, -0.05) is 29.3 Å². The Kier molecular flexibility index (Phi) is 6.73. The number of hydrogen-bond acceptors (Lipinski definition) is 4. The third kappa shape index (κ3) is 5.03. The zero-order valence-corrected chi connectivity index (χ0v) is 14.5.